The van der Waals surface area contributed by atoms with Crippen LogP contribution >= 0.6 is 0 Å². The van der Waals surface area contributed by atoms with Crippen molar-refractivity contribution in [2.24, 2.45) is 0 Å². The Hall–Kier alpha value is -2.21. The van der Waals surface area contributed by atoms with Crippen LogP contribution in [0.25, 0.3) is 0 Å². The van der Waals surface area contributed by atoms with Crippen LogP contribution < -0.4 is 5.32 Å². The second-order valence-corrected chi connectivity index (χ2v) is 4.12. The van der Waals surface area contributed by atoms with Crippen LogP contribution in [0.2, 0.25) is 0 Å². The maximum Gasteiger partial charge on any atom is 0.222 e. The van der Waals surface area contributed by atoms with Gasteiger partial charge in [-0.05, 0) is 5.56 Å². The van der Waals surface area contributed by atoms with Gasteiger partial charge in [-0.25, -0.2) is 4.98 Å². The second-order valence-electron chi connectivity index (χ2n) is 4.12. The molecule has 1 heterocycles. The van der Waals surface area contributed by atoms with Gasteiger partial charge in [-0.3, -0.25) is 9.48 Å². The van der Waals surface area contributed by atoms with Crippen molar-refractivity contribution in [1.29, 1.82) is 0 Å². The molecule has 0 aliphatic rings. The summed E-state index contributed by atoms with van der Waals surface area (Å²) in [5, 5.41) is 16.1. The summed E-state index contributed by atoms with van der Waals surface area (Å²) in [5.41, 5.74) is 0.888. The fourth-order valence-corrected chi connectivity index (χ4v) is 1.75. The zero-order valence-electron chi connectivity index (χ0n) is 10.4. The first-order chi connectivity index (χ1) is 9.29. The summed E-state index contributed by atoms with van der Waals surface area (Å²) in [7, 11) is 0. The third-order valence-corrected chi connectivity index (χ3v) is 2.75. The molecule has 1 aromatic heterocycles. The van der Waals surface area contributed by atoms with Crippen LogP contribution in [0.15, 0.2) is 43.0 Å². The fourth-order valence-electron chi connectivity index (χ4n) is 1.75. The van der Waals surface area contributed by atoms with Crippen molar-refractivity contribution in [1.82, 2.24) is 20.1 Å². The van der Waals surface area contributed by atoms with Gasteiger partial charge in [0, 0.05) is 6.42 Å². The van der Waals surface area contributed by atoms with Crippen molar-refractivity contribution < 1.29 is 9.90 Å². The van der Waals surface area contributed by atoms with Gasteiger partial charge in [0.1, 0.15) is 12.7 Å². The molecule has 0 saturated carbocycles. The number of benzene rings is 1. The zero-order valence-corrected chi connectivity index (χ0v) is 10.4. The van der Waals surface area contributed by atoms with Gasteiger partial charge in [0.05, 0.1) is 19.2 Å². The van der Waals surface area contributed by atoms with E-state index in [2.05, 4.69) is 15.4 Å². The molecule has 0 radical (unpaired) electrons. The molecular weight excluding hydrogens is 244 g/mol. The highest BCUT2D eigenvalue weighted by molar-refractivity contribution is 5.76. The van der Waals surface area contributed by atoms with E-state index in [1.165, 1.54) is 6.33 Å². The number of aliphatic hydroxyl groups is 1. The van der Waals surface area contributed by atoms with E-state index in [0.29, 0.717) is 13.0 Å². The normalized spacial score (nSPS) is 12.1. The average Bonchev–Trinajstić information content (AvgIpc) is 2.97. The minimum Gasteiger partial charge on any atom is -0.394 e. The number of carbonyl (C=O) groups excluding carboxylic acids is 1. The van der Waals surface area contributed by atoms with Gasteiger partial charge in [-0.2, -0.15) is 5.10 Å². The maximum atomic E-state index is 11.8. The number of carbonyl (C=O) groups is 1. The quantitative estimate of drug-likeness (QED) is 0.793. The van der Waals surface area contributed by atoms with Crippen molar-refractivity contribution >= 4 is 5.91 Å². The molecule has 19 heavy (non-hydrogen) atoms. The summed E-state index contributed by atoms with van der Waals surface area (Å²) < 4.78 is 1.59. The van der Waals surface area contributed by atoms with Gasteiger partial charge < -0.3 is 10.4 Å². The van der Waals surface area contributed by atoms with Gasteiger partial charge in [0.15, 0.2) is 0 Å². The van der Waals surface area contributed by atoms with Crippen molar-refractivity contribution in [3.8, 4) is 0 Å². The molecule has 6 nitrogen and oxygen atoms in total. The summed E-state index contributed by atoms with van der Waals surface area (Å²) >= 11 is 0. The van der Waals surface area contributed by atoms with Crippen LogP contribution in [0, 0.1) is 0 Å². The van der Waals surface area contributed by atoms with Crippen LogP contribution in [0.1, 0.15) is 18.0 Å². The lowest BCUT2D eigenvalue weighted by molar-refractivity contribution is -0.122. The Bertz CT molecular complexity index is 499. The predicted molar refractivity (Wildman–Crippen MR) is 69.1 cm³/mol. The van der Waals surface area contributed by atoms with Gasteiger partial charge in [-0.1, -0.05) is 30.3 Å². The van der Waals surface area contributed by atoms with Crippen LogP contribution in [0.3, 0.4) is 0 Å². The first kappa shape index (κ1) is 13.2. The molecule has 0 aliphatic heterocycles. The zero-order chi connectivity index (χ0) is 13.5. The molecular formula is C13H16N4O2. The SMILES string of the molecule is O=C(CCn1cncn1)NC(CO)c1ccccc1. The Balaban J connectivity index is 1.86. The standard InChI is InChI=1S/C13H16N4O2/c18-8-12(11-4-2-1-3-5-11)16-13(19)6-7-17-10-14-9-15-17/h1-5,9-10,12,18H,6-8H2,(H,16,19). The van der Waals surface area contributed by atoms with Crippen molar-refractivity contribution in [3.05, 3.63) is 48.5 Å². The summed E-state index contributed by atoms with van der Waals surface area (Å²) in [6, 6.07) is 9.02. The number of hydrogen-bond acceptors (Lipinski definition) is 4. The Morgan fingerprint density at radius 3 is 2.79 bits per heavy atom. The highest BCUT2D eigenvalue weighted by Crippen LogP contribution is 2.11. The van der Waals surface area contributed by atoms with E-state index in [4.69, 9.17) is 0 Å². The number of aryl methyl sites for hydroxylation is 1. The van der Waals surface area contributed by atoms with Crippen LogP contribution in [-0.4, -0.2) is 32.4 Å². The van der Waals surface area contributed by atoms with Crippen LogP contribution in [0.5, 0.6) is 0 Å². The molecule has 0 aliphatic carbocycles. The molecule has 2 N–H and O–H groups in total. The van der Waals surface area contributed by atoms with Crippen molar-refractivity contribution in [2.45, 2.75) is 19.0 Å². The van der Waals surface area contributed by atoms with Crippen molar-refractivity contribution in [3.63, 3.8) is 0 Å². The molecule has 100 valence electrons. The second kappa shape index (κ2) is 6.65. The molecule has 1 atom stereocenters. The van der Waals surface area contributed by atoms with Gasteiger partial charge >= 0.3 is 0 Å². The van der Waals surface area contributed by atoms with E-state index in [9.17, 15) is 9.90 Å². The molecule has 1 unspecified atom stereocenters. The fraction of sp³-hybridized carbons (Fsp3) is 0.308. The van der Waals surface area contributed by atoms with E-state index in [1.807, 2.05) is 30.3 Å². The highest BCUT2D eigenvalue weighted by Gasteiger charge is 2.13. The number of amides is 1. The number of aliphatic hydroxyl groups excluding tert-OH is 1. The summed E-state index contributed by atoms with van der Waals surface area (Å²) in [6.07, 6.45) is 3.29. The van der Waals surface area contributed by atoms with E-state index in [0.717, 1.165) is 5.56 Å². The average molecular weight is 260 g/mol. The topological polar surface area (TPSA) is 80.0 Å². The number of nitrogens with zero attached hydrogens (tertiary/aromatic N) is 3. The van der Waals surface area contributed by atoms with E-state index in [-0.39, 0.29) is 18.6 Å². The maximum absolute atomic E-state index is 11.8. The Morgan fingerprint density at radius 1 is 1.37 bits per heavy atom. The van der Waals surface area contributed by atoms with Crippen LogP contribution in [0.4, 0.5) is 0 Å². The molecule has 0 spiro atoms. The number of aromatic nitrogens is 3. The third-order valence-electron chi connectivity index (χ3n) is 2.75. The monoisotopic (exact) mass is 260 g/mol. The number of hydrogen-bond donors (Lipinski definition) is 2. The Labute approximate surface area is 111 Å². The smallest absolute Gasteiger partial charge is 0.222 e. The molecule has 0 bridgehead atoms. The lowest BCUT2D eigenvalue weighted by Crippen LogP contribution is -2.31. The lowest BCUT2D eigenvalue weighted by Gasteiger charge is -2.16. The molecule has 6 heteroatoms. The van der Waals surface area contributed by atoms with Gasteiger partial charge in [0.25, 0.3) is 0 Å². The molecule has 2 aromatic rings. The van der Waals surface area contributed by atoms with Gasteiger partial charge in [0.2, 0.25) is 5.91 Å². The molecule has 0 fully saturated rings. The summed E-state index contributed by atoms with van der Waals surface area (Å²) in [4.78, 5) is 15.6. The minimum absolute atomic E-state index is 0.126. The third kappa shape index (κ3) is 3.89. The summed E-state index contributed by atoms with van der Waals surface area (Å²) in [6.45, 7) is 0.345. The predicted octanol–water partition coefficient (Wildman–Crippen LogP) is 0.518. The van der Waals surface area contributed by atoms with Crippen LogP contribution in [-0.2, 0) is 11.3 Å². The molecule has 2 rings (SSSR count). The van der Waals surface area contributed by atoms with Crippen molar-refractivity contribution in [2.75, 3.05) is 6.61 Å². The van der Waals surface area contributed by atoms with E-state index < -0.39 is 0 Å². The first-order valence-electron chi connectivity index (χ1n) is 6.07. The largest absolute Gasteiger partial charge is 0.394 e. The Morgan fingerprint density at radius 2 is 2.16 bits per heavy atom. The Kier molecular flexibility index (Phi) is 4.63. The lowest BCUT2D eigenvalue weighted by atomic mass is 10.1. The molecule has 1 amide bonds. The highest BCUT2D eigenvalue weighted by atomic mass is 16.3. The molecule has 1 aromatic carbocycles. The van der Waals surface area contributed by atoms with Gasteiger partial charge in [-0.15, -0.1) is 0 Å². The minimum atomic E-state index is -0.371. The number of rotatable bonds is 6. The first-order valence-corrected chi connectivity index (χ1v) is 6.07. The van der Waals surface area contributed by atoms with E-state index in [1.54, 1.807) is 11.0 Å². The molecule has 0 saturated heterocycles. The summed E-state index contributed by atoms with van der Waals surface area (Å²) in [5.74, 6) is -0.126. The number of nitrogens with one attached hydrogen (secondary N) is 1. The van der Waals surface area contributed by atoms with E-state index >= 15 is 0 Å².